The molecule has 0 aliphatic carbocycles. The third kappa shape index (κ3) is 23.2. The van der Waals surface area contributed by atoms with Gasteiger partial charge in [-0.1, -0.05) is 83.4 Å². The highest BCUT2D eigenvalue weighted by Crippen LogP contribution is 2.16. The molecule has 0 amide bonds. The Hall–Kier alpha value is -1.43. The maximum absolute atomic E-state index is 8.74. The zero-order valence-electron chi connectivity index (χ0n) is 20.6. The van der Waals surface area contributed by atoms with Crippen molar-refractivity contribution in [3.8, 4) is 11.8 Å². The summed E-state index contributed by atoms with van der Waals surface area (Å²) in [5, 5.41) is 8.35. The van der Waals surface area contributed by atoms with E-state index in [4.69, 9.17) is 22.6 Å². The fourth-order valence-corrected chi connectivity index (χ4v) is 3.31. The standard InChI is InChI=1S/C16H36N.C9H8O.H2O4S/c1-5-9-13-17(14-10-6-2,15-11-7-3)16-12-8-4;10-8-4-7-9-5-2-1-3-6-9;1-5(2,3)4/h5-16H2,1-4H3;1-3,5-6,10H,8H2;(H2,1,2,3,4)/q+1;;. The van der Waals surface area contributed by atoms with E-state index in [0.717, 1.165) is 5.56 Å². The van der Waals surface area contributed by atoms with Gasteiger partial charge in [0.25, 0.3) is 0 Å². The molecule has 1 aromatic carbocycles. The Kier molecular flexibility index (Phi) is 21.9. The topological polar surface area (TPSA) is 94.8 Å². The number of rotatable bonds is 12. The molecule has 32 heavy (non-hydrogen) atoms. The van der Waals surface area contributed by atoms with E-state index in [2.05, 4.69) is 39.5 Å². The fourth-order valence-electron chi connectivity index (χ4n) is 3.31. The van der Waals surface area contributed by atoms with Crippen molar-refractivity contribution < 1.29 is 27.1 Å². The first-order valence-electron chi connectivity index (χ1n) is 11.9. The lowest BCUT2D eigenvalue weighted by atomic mass is 10.1. The second-order valence-corrected chi connectivity index (χ2v) is 8.82. The monoisotopic (exact) mass is 472 g/mol. The van der Waals surface area contributed by atoms with Crippen LogP contribution in [0.25, 0.3) is 0 Å². The lowest BCUT2D eigenvalue weighted by molar-refractivity contribution is -0.929. The lowest BCUT2D eigenvalue weighted by Gasteiger charge is -2.39. The molecule has 0 unspecified atom stereocenters. The van der Waals surface area contributed by atoms with Gasteiger partial charge in [-0.3, -0.25) is 9.11 Å². The Labute approximate surface area is 197 Å². The summed E-state index contributed by atoms with van der Waals surface area (Å²) in [6, 6.07) is 9.58. The van der Waals surface area contributed by atoms with Gasteiger partial charge in [0.15, 0.2) is 0 Å². The largest absolute Gasteiger partial charge is 0.394 e. The van der Waals surface area contributed by atoms with Gasteiger partial charge in [-0.25, -0.2) is 0 Å². The second-order valence-electron chi connectivity index (χ2n) is 7.92. The summed E-state index contributed by atoms with van der Waals surface area (Å²) in [5.74, 6) is 5.36. The van der Waals surface area contributed by atoms with E-state index in [0.29, 0.717) is 0 Å². The molecule has 0 aromatic heterocycles. The normalized spacial score (nSPS) is 10.7. The molecule has 0 aliphatic heterocycles. The number of aliphatic hydroxyl groups is 1. The predicted octanol–water partition coefficient (Wildman–Crippen LogP) is 5.38. The van der Waals surface area contributed by atoms with E-state index in [1.165, 1.54) is 82.0 Å². The maximum atomic E-state index is 8.74. The quantitative estimate of drug-likeness (QED) is 0.216. The molecule has 0 saturated carbocycles. The molecule has 3 N–H and O–H groups in total. The van der Waals surface area contributed by atoms with Crippen LogP contribution in [0.1, 0.15) is 84.6 Å². The van der Waals surface area contributed by atoms with Gasteiger partial charge in [-0.2, -0.15) is 8.42 Å². The van der Waals surface area contributed by atoms with Gasteiger partial charge in [0, 0.05) is 5.56 Å². The fraction of sp³-hybridized carbons (Fsp3) is 0.680. The van der Waals surface area contributed by atoms with Crippen molar-refractivity contribution in [1.29, 1.82) is 0 Å². The Morgan fingerprint density at radius 3 is 1.38 bits per heavy atom. The van der Waals surface area contributed by atoms with Crippen LogP contribution in [-0.4, -0.2) is 59.9 Å². The summed E-state index contributed by atoms with van der Waals surface area (Å²) in [4.78, 5) is 0. The molecule has 0 radical (unpaired) electrons. The summed E-state index contributed by atoms with van der Waals surface area (Å²) in [5.41, 5.74) is 0.941. The number of benzene rings is 1. The van der Waals surface area contributed by atoms with Crippen molar-refractivity contribution in [2.75, 3.05) is 32.8 Å². The van der Waals surface area contributed by atoms with Crippen LogP contribution < -0.4 is 0 Å². The minimum atomic E-state index is -4.67. The van der Waals surface area contributed by atoms with Gasteiger partial charge in [0.2, 0.25) is 0 Å². The summed E-state index contributed by atoms with van der Waals surface area (Å²) < 4.78 is 33.0. The van der Waals surface area contributed by atoms with Crippen molar-refractivity contribution in [1.82, 2.24) is 0 Å². The third-order valence-corrected chi connectivity index (χ3v) is 5.03. The molecule has 0 heterocycles. The van der Waals surface area contributed by atoms with Gasteiger partial charge in [0.1, 0.15) is 6.61 Å². The van der Waals surface area contributed by atoms with Crippen LogP contribution in [-0.2, 0) is 10.4 Å². The summed E-state index contributed by atoms with van der Waals surface area (Å²) >= 11 is 0. The van der Waals surface area contributed by atoms with Gasteiger partial charge in [-0.15, -0.1) is 0 Å². The van der Waals surface area contributed by atoms with E-state index in [9.17, 15) is 0 Å². The molecular formula is C25H46NO5S+. The molecule has 0 bridgehead atoms. The number of hydrogen-bond acceptors (Lipinski definition) is 3. The van der Waals surface area contributed by atoms with Crippen molar-refractivity contribution in [3.05, 3.63) is 35.9 Å². The van der Waals surface area contributed by atoms with Crippen LogP contribution in [0.3, 0.4) is 0 Å². The molecule has 0 atom stereocenters. The van der Waals surface area contributed by atoms with E-state index in [1.807, 2.05) is 30.3 Å². The molecule has 0 spiro atoms. The molecule has 6 nitrogen and oxygen atoms in total. The Morgan fingerprint density at radius 1 is 0.750 bits per heavy atom. The second kappa shape index (κ2) is 21.4. The van der Waals surface area contributed by atoms with Gasteiger partial charge in [0.05, 0.1) is 26.2 Å². The number of hydrogen-bond donors (Lipinski definition) is 3. The Bertz CT molecular complexity index is 651. The van der Waals surface area contributed by atoms with Gasteiger partial charge in [-0.05, 0) is 37.8 Å². The smallest absolute Gasteiger partial charge is 0.384 e. The predicted molar refractivity (Wildman–Crippen MR) is 134 cm³/mol. The number of aliphatic hydroxyl groups excluding tert-OH is 1. The van der Waals surface area contributed by atoms with Crippen LogP contribution >= 0.6 is 0 Å². The first-order chi connectivity index (χ1) is 15.2. The lowest BCUT2D eigenvalue weighted by Crippen LogP contribution is -2.50. The van der Waals surface area contributed by atoms with Crippen LogP contribution in [0.4, 0.5) is 0 Å². The molecule has 0 fully saturated rings. The summed E-state index contributed by atoms with van der Waals surface area (Å²) in [6.45, 7) is 14.9. The summed E-state index contributed by atoms with van der Waals surface area (Å²) in [6.07, 6.45) is 11.1. The highest BCUT2D eigenvalue weighted by Gasteiger charge is 2.24. The number of quaternary nitrogens is 1. The van der Waals surface area contributed by atoms with Crippen LogP contribution in [0.2, 0.25) is 0 Å². The molecule has 0 aliphatic rings. The molecule has 1 aromatic rings. The van der Waals surface area contributed by atoms with Crippen LogP contribution in [0.5, 0.6) is 0 Å². The Morgan fingerprint density at radius 2 is 1.09 bits per heavy atom. The van der Waals surface area contributed by atoms with E-state index >= 15 is 0 Å². The van der Waals surface area contributed by atoms with Gasteiger partial charge < -0.3 is 9.59 Å². The van der Waals surface area contributed by atoms with Crippen molar-refractivity contribution >= 4 is 10.4 Å². The average molecular weight is 473 g/mol. The molecule has 186 valence electrons. The molecular weight excluding hydrogens is 426 g/mol. The summed E-state index contributed by atoms with van der Waals surface area (Å²) in [7, 11) is -4.67. The van der Waals surface area contributed by atoms with Crippen LogP contribution in [0, 0.1) is 11.8 Å². The number of nitrogens with zero attached hydrogens (tertiary/aromatic N) is 1. The van der Waals surface area contributed by atoms with Crippen molar-refractivity contribution in [2.24, 2.45) is 0 Å². The SMILES string of the molecule is CCCC[N+](CCCC)(CCCC)CCCC.O=S(=O)(O)O.OCC#Cc1ccccc1. The maximum Gasteiger partial charge on any atom is 0.394 e. The van der Waals surface area contributed by atoms with Gasteiger partial charge >= 0.3 is 10.4 Å². The minimum Gasteiger partial charge on any atom is -0.384 e. The zero-order chi connectivity index (χ0) is 24.7. The van der Waals surface area contributed by atoms with Crippen molar-refractivity contribution in [2.45, 2.75) is 79.1 Å². The highest BCUT2D eigenvalue weighted by molar-refractivity contribution is 7.79. The average Bonchev–Trinajstić information content (AvgIpc) is 2.77. The van der Waals surface area contributed by atoms with E-state index in [1.54, 1.807) is 0 Å². The van der Waals surface area contributed by atoms with Crippen molar-refractivity contribution in [3.63, 3.8) is 0 Å². The van der Waals surface area contributed by atoms with Crippen LogP contribution in [0.15, 0.2) is 30.3 Å². The molecule has 7 heteroatoms. The molecule has 0 saturated heterocycles. The zero-order valence-corrected chi connectivity index (χ0v) is 21.4. The van der Waals surface area contributed by atoms with E-state index in [-0.39, 0.29) is 6.61 Å². The number of unbranched alkanes of at least 4 members (excludes halogenated alkanes) is 4. The first-order valence-corrected chi connectivity index (χ1v) is 13.3. The third-order valence-electron chi connectivity index (χ3n) is 5.03. The minimum absolute atomic E-state index is 0.0745. The first kappa shape index (κ1) is 32.7. The molecule has 1 rings (SSSR count). The Balaban J connectivity index is 0. The highest BCUT2D eigenvalue weighted by atomic mass is 32.3. The van der Waals surface area contributed by atoms with E-state index < -0.39 is 10.4 Å².